The summed E-state index contributed by atoms with van der Waals surface area (Å²) in [5.41, 5.74) is 1.00. The molecule has 0 aliphatic heterocycles. The zero-order valence-electron chi connectivity index (χ0n) is 14.1. The second-order valence-electron chi connectivity index (χ2n) is 6.00. The van der Waals surface area contributed by atoms with Gasteiger partial charge in [-0.15, -0.1) is 0 Å². The summed E-state index contributed by atoms with van der Waals surface area (Å²) >= 11 is 6.41. The van der Waals surface area contributed by atoms with E-state index in [0.29, 0.717) is 17.0 Å². The van der Waals surface area contributed by atoms with E-state index in [4.69, 9.17) is 20.9 Å². The second-order valence-corrected chi connectivity index (χ2v) is 8.62. The number of nitrogens with zero attached hydrogens (tertiary/aromatic N) is 1. The Kier molecular flexibility index (Phi) is 4.97. The van der Waals surface area contributed by atoms with Crippen LogP contribution in [0.5, 0.6) is 11.5 Å². The predicted molar refractivity (Wildman–Crippen MR) is 93.3 cm³/mol. The normalized spacial score (nSPS) is 14.7. The zero-order valence-corrected chi connectivity index (χ0v) is 15.7. The minimum absolute atomic E-state index is 0.0441. The minimum atomic E-state index is -3.46. The first-order valence-corrected chi connectivity index (χ1v) is 10.3. The number of hydrogen-bond acceptors (Lipinski definition) is 6. The van der Waals surface area contributed by atoms with Gasteiger partial charge in [0.15, 0.2) is 27.1 Å². The summed E-state index contributed by atoms with van der Waals surface area (Å²) in [5.74, 6) is 0.919. The summed E-state index contributed by atoms with van der Waals surface area (Å²) < 4.78 is 35.2. The molecule has 1 heterocycles. The van der Waals surface area contributed by atoms with Crippen molar-refractivity contribution in [2.75, 3.05) is 12.4 Å². The molecule has 1 saturated carbocycles. The van der Waals surface area contributed by atoms with Gasteiger partial charge >= 0.3 is 0 Å². The number of aromatic nitrogens is 1. The Bertz CT molecular complexity index is 887. The molecular formula is C17H20ClNO5S. The Morgan fingerprint density at radius 3 is 2.68 bits per heavy atom. The Labute approximate surface area is 151 Å². The van der Waals surface area contributed by atoms with Crippen molar-refractivity contribution >= 4 is 21.4 Å². The highest BCUT2D eigenvalue weighted by molar-refractivity contribution is 7.91. The number of sulfone groups is 1. The highest BCUT2D eigenvalue weighted by atomic mass is 35.5. The fourth-order valence-corrected chi connectivity index (χ4v) is 4.01. The van der Waals surface area contributed by atoms with Crippen molar-refractivity contribution in [3.05, 3.63) is 34.2 Å². The quantitative estimate of drug-likeness (QED) is 0.781. The van der Waals surface area contributed by atoms with Gasteiger partial charge in [0.05, 0.1) is 17.4 Å². The molecule has 136 valence electrons. The smallest absolute Gasteiger partial charge is 0.182 e. The largest absolute Gasteiger partial charge is 0.503 e. The van der Waals surface area contributed by atoms with Crippen molar-refractivity contribution in [1.82, 2.24) is 5.16 Å². The first kappa shape index (κ1) is 18.1. The molecule has 0 saturated heterocycles. The molecule has 0 unspecified atom stereocenters. The van der Waals surface area contributed by atoms with Crippen LogP contribution < -0.4 is 4.74 Å². The van der Waals surface area contributed by atoms with E-state index in [1.54, 1.807) is 19.9 Å². The number of benzene rings is 1. The van der Waals surface area contributed by atoms with Crippen molar-refractivity contribution < 1.29 is 22.8 Å². The SMILES string of the molecule is CCOc1c(S(=O)(=O)CC)ccc(Cc2noc(C3CC3)c2O)c1Cl. The first-order valence-electron chi connectivity index (χ1n) is 8.23. The van der Waals surface area contributed by atoms with Crippen LogP contribution in [0.4, 0.5) is 0 Å². The van der Waals surface area contributed by atoms with E-state index in [0.717, 1.165) is 12.8 Å². The molecule has 0 bridgehead atoms. The van der Waals surface area contributed by atoms with Gasteiger partial charge in [-0.25, -0.2) is 8.42 Å². The molecule has 1 N–H and O–H groups in total. The monoisotopic (exact) mass is 385 g/mol. The average Bonchev–Trinajstić information content (AvgIpc) is 3.36. The maximum absolute atomic E-state index is 12.3. The Balaban J connectivity index is 1.98. The Morgan fingerprint density at radius 2 is 2.08 bits per heavy atom. The van der Waals surface area contributed by atoms with E-state index in [1.165, 1.54) is 6.07 Å². The summed E-state index contributed by atoms with van der Waals surface area (Å²) in [6.45, 7) is 3.62. The molecule has 1 aliphatic carbocycles. The van der Waals surface area contributed by atoms with Crippen LogP contribution in [0.3, 0.4) is 0 Å². The Hall–Kier alpha value is -1.73. The number of hydrogen-bond donors (Lipinski definition) is 1. The van der Waals surface area contributed by atoms with Gasteiger partial charge < -0.3 is 14.4 Å². The van der Waals surface area contributed by atoms with Crippen LogP contribution in [0, 0.1) is 0 Å². The van der Waals surface area contributed by atoms with Gasteiger partial charge in [-0.3, -0.25) is 0 Å². The first-order chi connectivity index (χ1) is 11.9. The standard InChI is InChI=1S/C17H20ClNO5S/c1-3-23-17-13(25(21,22)4-2)8-7-11(14(17)18)9-12-15(20)16(24-19-12)10-5-6-10/h7-8,10,20H,3-6,9H2,1-2H3. The highest BCUT2D eigenvalue weighted by Crippen LogP contribution is 2.46. The number of rotatable bonds is 7. The average molecular weight is 386 g/mol. The molecule has 1 aromatic carbocycles. The van der Waals surface area contributed by atoms with Crippen molar-refractivity contribution in [2.24, 2.45) is 0 Å². The van der Waals surface area contributed by atoms with Crippen molar-refractivity contribution in [1.29, 1.82) is 0 Å². The zero-order chi connectivity index (χ0) is 18.2. The van der Waals surface area contributed by atoms with Gasteiger partial charge in [-0.1, -0.05) is 29.7 Å². The topological polar surface area (TPSA) is 89.6 Å². The number of halogens is 1. The van der Waals surface area contributed by atoms with Crippen LogP contribution >= 0.6 is 11.6 Å². The van der Waals surface area contributed by atoms with Crippen LogP contribution in [0.2, 0.25) is 5.02 Å². The molecule has 1 aromatic heterocycles. The van der Waals surface area contributed by atoms with Crippen LogP contribution in [0.15, 0.2) is 21.6 Å². The third-order valence-electron chi connectivity index (χ3n) is 4.21. The number of aromatic hydroxyl groups is 1. The summed E-state index contributed by atoms with van der Waals surface area (Å²) in [6.07, 6.45) is 2.20. The summed E-state index contributed by atoms with van der Waals surface area (Å²) in [4.78, 5) is 0.0774. The van der Waals surface area contributed by atoms with Gasteiger partial charge in [-0.05, 0) is 31.4 Å². The molecule has 1 aliphatic rings. The molecular weight excluding hydrogens is 366 g/mol. The highest BCUT2D eigenvalue weighted by Gasteiger charge is 2.32. The lowest BCUT2D eigenvalue weighted by Gasteiger charge is -2.14. The maximum Gasteiger partial charge on any atom is 0.182 e. The molecule has 0 spiro atoms. The van der Waals surface area contributed by atoms with Crippen LogP contribution in [0.1, 0.15) is 49.6 Å². The van der Waals surface area contributed by atoms with E-state index in [-0.39, 0.29) is 46.1 Å². The molecule has 3 rings (SSSR count). The van der Waals surface area contributed by atoms with E-state index < -0.39 is 9.84 Å². The molecule has 8 heteroatoms. The van der Waals surface area contributed by atoms with Crippen LogP contribution in [-0.4, -0.2) is 31.0 Å². The van der Waals surface area contributed by atoms with Gasteiger partial charge in [0, 0.05) is 12.3 Å². The minimum Gasteiger partial charge on any atom is -0.503 e. The molecule has 0 amide bonds. The fourth-order valence-electron chi connectivity index (χ4n) is 2.64. The van der Waals surface area contributed by atoms with Gasteiger partial charge in [0.2, 0.25) is 0 Å². The number of ether oxygens (including phenoxy) is 1. The lowest BCUT2D eigenvalue weighted by Crippen LogP contribution is -2.08. The van der Waals surface area contributed by atoms with E-state index in [1.807, 2.05) is 0 Å². The van der Waals surface area contributed by atoms with Gasteiger partial charge in [-0.2, -0.15) is 0 Å². The molecule has 25 heavy (non-hydrogen) atoms. The summed E-state index contributed by atoms with van der Waals surface area (Å²) in [6, 6.07) is 3.11. The fraction of sp³-hybridized carbons (Fsp3) is 0.471. The predicted octanol–water partition coefficient (Wildman–Crippen LogP) is 3.69. The lowest BCUT2D eigenvalue weighted by molar-refractivity contribution is 0.331. The molecule has 2 aromatic rings. The van der Waals surface area contributed by atoms with Crippen LogP contribution in [0.25, 0.3) is 0 Å². The van der Waals surface area contributed by atoms with Gasteiger partial charge in [0.25, 0.3) is 0 Å². The molecule has 6 nitrogen and oxygen atoms in total. The summed E-state index contributed by atoms with van der Waals surface area (Å²) in [7, 11) is -3.46. The van der Waals surface area contributed by atoms with E-state index in [9.17, 15) is 13.5 Å². The summed E-state index contributed by atoms with van der Waals surface area (Å²) in [5, 5.41) is 14.4. The van der Waals surface area contributed by atoms with Crippen LogP contribution in [-0.2, 0) is 16.3 Å². The third-order valence-corrected chi connectivity index (χ3v) is 6.38. The van der Waals surface area contributed by atoms with Crippen molar-refractivity contribution in [2.45, 2.75) is 43.9 Å². The molecule has 0 atom stereocenters. The molecule has 0 radical (unpaired) electrons. The van der Waals surface area contributed by atoms with Gasteiger partial charge in [0.1, 0.15) is 10.6 Å². The van der Waals surface area contributed by atoms with E-state index >= 15 is 0 Å². The Morgan fingerprint density at radius 1 is 1.36 bits per heavy atom. The third kappa shape index (κ3) is 3.48. The molecule has 1 fully saturated rings. The lowest BCUT2D eigenvalue weighted by atomic mass is 10.1. The maximum atomic E-state index is 12.3. The second kappa shape index (κ2) is 6.88. The van der Waals surface area contributed by atoms with E-state index in [2.05, 4.69) is 5.16 Å². The van der Waals surface area contributed by atoms with Crippen molar-refractivity contribution in [3.63, 3.8) is 0 Å². The van der Waals surface area contributed by atoms with Crippen molar-refractivity contribution in [3.8, 4) is 11.5 Å².